The largest absolute Gasteiger partial charge is 0.328 e. The zero-order chi connectivity index (χ0) is 22.9. The molecule has 2 aromatic carbocycles. The third-order valence-electron chi connectivity index (χ3n) is 5.31. The van der Waals surface area contributed by atoms with Gasteiger partial charge >= 0.3 is 0 Å². The molecule has 0 radical (unpaired) electrons. The van der Waals surface area contributed by atoms with Crippen molar-refractivity contribution in [1.29, 1.82) is 0 Å². The second-order valence-corrected chi connectivity index (χ2v) is 8.34. The predicted octanol–water partition coefficient (Wildman–Crippen LogP) is 5.57. The molecule has 3 heterocycles. The molecule has 164 valence electrons. The van der Waals surface area contributed by atoms with E-state index in [1.54, 1.807) is 35.3 Å². The summed E-state index contributed by atoms with van der Waals surface area (Å²) in [5, 5.41) is 11.8. The van der Waals surface area contributed by atoms with Crippen molar-refractivity contribution in [3.8, 4) is 11.4 Å². The van der Waals surface area contributed by atoms with Crippen molar-refractivity contribution in [1.82, 2.24) is 19.7 Å². The molecule has 7 nitrogen and oxygen atoms in total. The van der Waals surface area contributed by atoms with Gasteiger partial charge in [-0.3, -0.25) is 9.78 Å². The van der Waals surface area contributed by atoms with E-state index in [2.05, 4.69) is 20.6 Å². The number of carbonyl (C=O) groups excluding carboxylic acids is 1. The summed E-state index contributed by atoms with van der Waals surface area (Å²) in [6.07, 6.45) is 3.38. The van der Waals surface area contributed by atoms with Gasteiger partial charge in [-0.2, -0.15) is 4.98 Å². The number of fused-ring (bicyclic) bond motifs is 1. The van der Waals surface area contributed by atoms with E-state index < -0.39 is 6.04 Å². The molecule has 1 unspecified atom stereocenters. The van der Waals surface area contributed by atoms with Crippen LogP contribution < -0.4 is 10.6 Å². The Morgan fingerprint density at radius 3 is 2.64 bits per heavy atom. The molecule has 1 aliphatic heterocycles. The maximum absolute atomic E-state index is 13.5. The average molecular weight is 477 g/mol. The SMILES string of the molecule is CC1=C(C(=O)Nc2ccccc2)C(c2ccc(Cl)cc2Cl)n2nc(-c3cccnc3)nc2N1. The van der Waals surface area contributed by atoms with Gasteiger partial charge in [-0.25, -0.2) is 4.68 Å². The van der Waals surface area contributed by atoms with E-state index in [1.807, 2.05) is 49.4 Å². The minimum atomic E-state index is -0.618. The maximum atomic E-state index is 13.5. The smallest absolute Gasteiger partial charge is 0.255 e. The Kier molecular flexibility index (Phi) is 5.58. The number of amides is 1. The molecule has 1 amide bonds. The minimum Gasteiger partial charge on any atom is -0.328 e. The van der Waals surface area contributed by atoms with Crippen molar-refractivity contribution in [2.45, 2.75) is 13.0 Å². The molecule has 33 heavy (non-hydrogen) atoms. The van der Waals surface area contributed by atoms with Gasteiger partial charge in [0.05, 0.1) is 5.57 Å². The molecule has 0 saturated heterocycles. The zero-order valence-corrected chi connectivity index (χ0v) is 19.0. The fourth-order valence-electron chi connectivity index (χ4n) is 3.79. The number of aromatic nitrogens is 4. The van der Waals surface area contributed by atoms with Crippen molar-refractivity contribution < 1.29 is 4.79 Å². The van der Waals surface area contributed by atoms with Gasteiger partial charge in [0.1, 0.15) is 6.04 Å². The summed E-state index contributed by atoms with van der Waals surface area (Å²) in [6, 6.07) is 17.5. The first-order valence-corrected chi connectivity index (χ1v) is 10.9. The van der Waals surface area contributed by atoms with E-state index in [1.165, 1.54) is 0 Å². The summed E-state index contributed by atoms with van der Waals surface area (Å²) in [5.41, 5.74) is 3.25. The fourth-order valence-corrected chi connectivity index (χ4v) is 4.31. The van der Waals surface area contributed by atoms with Crippen LogP contribution in [0.2, 0.25) is 10.0 Å². The minimum absolute atomic E-state index is 0.272. The summed E-state index contributed by atoms with van der Waals surface area (Å²) in [5.74, 6) is 0.711. The Morgan fingerprint density at radius 1 is 1.09 bits per heavy atom. The van der Waals surface area contributed by atoms with E-state index >= 15 is 0 Å². The molecule has 0 bridgehead atoms. The Morgan fingerprint density at radius 2 is 1.91 bits per heavy atom. The molecular weight excluding hydrogens is 459 g/mol. The van der Waals surface area contributed by atoms with Crippen molar-refractivity contribution in [2.24, 2.45) is 0 Å². The van der Waals surface area contributed by atoms with Crippen LogP contribution in [0.25, 0.3) is 11.4 Å². The van der Waals surface area contributed by atoms with E-state index in [0.717, 1.165) is 5.56 Å². The Labute approximate surface area is 200 Å². The van der Waals surface area contributed by atoms with E-state index in [4.69, 9.17) is 28.3 Å². The second kappa shape index (κ2) is 8.69. The summed E-state index contributed by atoms with van der Waals surface area (Å²) >= 11 is 12.7. The topological polar surface area (TPSA) is 84.7 Å². The maximum Gasteiger partial charge on any atom is 0.255 e. The van der Waals surface area contributed by atoms with Crippen molar-refractivity contribution >= 4 is 40.7 Å². The third-order valence-corrected chi connectivity index (χ3v) is 5.87. The highest BCUT2D eigenvalue weighted by molar-refractivity contribution is 6.35. The quantitative estimate of drug-likeness (QED) is 0.401. The lowest BCUT2D eigenvalue weighted by atomic mass is 9.95. The number of allylic oxidation sites excluding steroid dienone is 1. The lowest BCUT2D eigenvalue weighted by Crippen LogP contribution is -2.31. The number of hydrogen-bond donors (Lipinski definition) is 2. The molecular formula is C24H18Cl2N6O. The van der Waals surface area contributed by atoms with Gasteiger partial charge in [0.25, 0.3) is 5.91 Å². The molecule has 5 rings (SSSR count). The number of halogens is 2. The zero-order valence-electron chi connectivity index (χ0n) is 17.5. The van der Waals surface area contributed by atoms with Crippen LogP contribution in [0.15, 0.2) is 84.3 Å². The van der Waals surface area contributed by atoms with Gasteiger partial charge in [0.15, 0.2) is 5.82 Å². The Hall–Kier alpha value is -3.68. The molecule has 2 aromatic heterocycles. The molecule has 0 saturated carbocycles. The highest BCUT2D eigenvalue weighted by Crippen LogP contribution is 2.40. The molecule has 9 heteroatoms. The van der Waals surface area contributed by atoms with Crippen LogP contribution in [0.4, 0.5) is 11.6 Å². The summed E-state index contributed by atoms with van der Waals surface area (Å²) < 4.78 is 1.67. The lowest BCUT2D eigenvalue weighted by Gasteiger charge is -2.29. The fraction of sp³-hybridized carbons (Fsp3) is 0.0833. The number of rotatable bonds is 4. The van der Waals surface area contributed by atoms with Gasteiger partial charge in [-0.05, 0) is 43.3 Å². The summed E-state index contributed by atoms with van der Waals surface area (Å²) in [4.78, 5) is 22.3. The number of para-hydroxylation sites is 1. The number of anilines is 2. The summed E-state index contributed by atoms with van der Waals surface area (Å²) in [7, 11) is 0. The van der Waals surface area contributed by atoms with E-state index in [-0.39, 0.29) is 5.91 Å². The molecule has 1 atom stereocenters. The first-order valence-electron chi connectivity index (χ1n) is 10.2. The number of pyridine rings is 1. The molecule has 1 aliphatic rings. The van der Waals surface area contributed by atoms with Gasteiger partial charge in [-0.15, -0.1) is 5.10 Å². The van der Waals surface area contributed by atoms with Crippen LogP contribution in [-0.4, -0.2) is 25.7 Å². The van der Waals surface area contributed by atoms with Crippen LogP contribution in [0.5, 0.6) is 0 Å². The van der Waals surface area contributed by atoms with Gasteiger partial charge < -0.3 is 10.6 Å². The molecule has 0 aliphatic carbocycles. The first kappa shape index (κ1) is 21.2. The number of nitrogens with one attached hydrogen (secondary N) is 2. The van der Waals surface area contributed by atoms with Crippen LogP contribution in [0, 0.1) is 0 Å². The van der Waals surface area contributed by atoms with Gasteiger partial charge in [0, 0.05) is 45.0 Å². The van der Waals surface area contributed by atoms with Crippen molar-refractivity contribution in [3.05, 3.63) is 99.9 Å². The lowest BCUT2D eigenvalue weighted by molar-refractivity contribution is -0.113. The standard InChI is InChI=1S/C24H18Cl2N6O/c1-14-20(23(33)29-17-7-3-2-4-8-17)21(18-10-9-16(25)12-19(18)26)32-24(28-14)30-22(31-32)15-6-5-11-27-13-15/h2-13,21H,1H3,(H,29,33)(H,28,30,31). The van der Waals surface area contributed by atoms with Gasteiger partial charge in [0.2, 0.25) is 5.95 Å². The molecule has 0 fully saturated rings. The molecule has 0 spiro atoms. The first-order chi connectivity index (χ1) is 16.0. The van der Waals surface area contributed by atoms with Crippen molar-refractivity contribution in [2.75, 3.05) is 10.6 Å². The van der Waals surface area contributed by atoms with E-state index in [0.29, 0.717) is 44.3 Å². The second-order valence-electron chi connectivity index (χ2n) is 7.50. The highest BCUT2D eigenvalue weighted by Gasteiger charge is 2.35. The van der Waals surface area contributed by atoms with E-state index in [9.17, 15) is 4.79 Å². The monoisotopic (exact) mass is 476 g/mol. The predicted molar refractivity (Wildman–Crippen MR) is 129 cm³/mol. The number of carbonyl (C=O) groups is 1. The number of nitrogens with zero attached hydrogens (tertiary/aromatic N) is 4. The normalized spacial score (nSPS) is 15.1. The molecule has 4 aromatic rings. The highest BCUT2D eigenvalue weighted by atomic mass is 35.5. The third kappa shape index (κ3) is 4.08. The van der Waals surface area contributed by atoms with Crippen LogP contribution in [0.1, 0.15) is 18.5 Å². The average Bonchev–Trinajstić information content (AvgIpc) is 3.23. The van der Waals surface area contributed by atoms with Crippen LogP contribution in [-0.2, 0) is 4.79 Å². The number of benzene rings is 2. The number of hydrogen-bond acceptors (Lipinski definition) is 5. The van der Waals surface area contributed by atoms with Crippen molar-refractivity contribution in [3.63, 3.8) is 0 Å². The molecule has 2 N–H and O–H groups in total. The Bertz CT molecular complexity index is 1370. The summed E-state index contributed by atoms with van der Waals surface area (Å²) in [6.45, 7) is 1.83. The van der Waals surface area contributed by atoms with Gasteiger partial charge in [-0.1, -0.05) is 47.5 Å². The van der Waals surface area contributed by atoms with Crippen LogP contribution in [0.3, 0.4) is 0 Å². The van der Waals surface area contributed by atoms with Crippen LogP contribution >= 0.6 is 23.2 Å². The Balaban J connectivity index is 1.64.